The summed E-state index contributed by atoms with van der Waals surface area (Å²) in [4.78, 5) is 77.7. The van der Waals surface area contributed by atoms with Crippen LogP contribution in [0.15, 0.2) is 60.9 Å². The highest BCUT2D eigenvalue weighted by molar-refractivity contribution is 6.05. The molecule has 0 bridgehead atoms. The van der Waals surface area contributed by atoms with Crippen molar-refractivity contribution in [3.63, 3.8) is 0 Å². The van der Waals surface area contributed by atoms with Gasteiger partial charge in [0.25, 0.3) is 11.8 Å². The highest BCUT2D eigenvalue weighted by Crippen LogP contribution is 2.34. The van der Waals surface area contributed by atoms with Crippen LogP contribution in [0, 0.1) is 5.92 Å². The van der Waals surface area contributed by atoms with E-state index in [0.29, 0.717) is 55.1 Å². The summed E-state index contributed by atoms with van der Waals surface area (Å²) in [6, 6.07) is 13.1. The standard InChI is InChI=1S/C52H70N10O6/c63-48(19-15-40-12-10-25-53-37-40)54-26-6-5-11-39-21-28-61(29-22-39)52(67)44-16-18-47(57-56-44)60-30-23-41(24-31-60)59-34-32-58(33-35-59)27-7-3-1-2-4-8-36-68-46-14-9-13-42-43(46)38-62(51(42)66)45-17-20-49(64)55-50(45)65/h9-10,12-16,18-19,25,37,39,41,45H,1-8,11,17,20-24,26-36,38H2,(H,54,63)(H,55,64,65)/b19-15+. The highest BCUT2D eigenvalue weighted by atomic mass is 16.5. The summed E-state index contributed by atoms with van der Waals surface area (Å²) in [5, 5.41) is 14.2. The van der Waals surface area contributed by atoms with Gasteiger partial charge in [-0.3, -0.25) is 39.2 Å². The molecule has 8 rings (SSSR count). The number of carbonyl (C=O) groups is 5. The predicted molar refractivity (Wildman–Crippen MR) is 260 cm³/mol. The second-order valence-electron chi connectivity index (χ2n) is 19.2. The fourth-order valence-corrected chi connectivity index (χ4v) is 10.5. The Labute approximate surface area is 401 Å². The van der Waals surface area contributed by atoms with E-state index < -0.39 is 11.9 Å². The Bertz CT molecular complexity index is 2180. The number of benzene rings is 1. The number of hydrogen-bond acceptors (Lipinski definition) is 12. The van der Waals surface area contributed by atoms with Crippen LogP contribution >= 0.6 is 0 Å². The van der Waals surface area contributed by atoms with Crippen molar-refractivity contribution in [1.82, 2.24) is 45.4 Å². The predicted octanol–water partition coefficient (Wildman–Crippen LogP) is 5.49. The Morgan fingerprint density at radius 2 is 1.59 bits per heavy atom. The summed E-state index contributed by atoms with van der Waals surface area (Å²) in [6.07, 6.45) is 21.6. The number of nitrogens with zero attached hydrogens (tertiary/aromatic N) is 8. The molecule has 68 heavy (non-hydrogen) atoms. The molecule has 2 N–H and O–H groups in total. The monoisotopic (exact) mass is 931 g/mol. The SMILES string of the molecule is O=C(/C=C/c1cccnc1)NCCCCC1CCN(C(=O)c2ccc(N3CCC(N4CCN(CCCCCCCCOc5cccc6c5CN(C5CCC(=O)NC5=O)C6=O)CC4)CC3)nn2)CC1. The molecule has 3 aromatic rings. The largest absolute Gasteiger partial charge is 0.493 e. The normalized spacial score (nSPS) is 20.0. The van der Waals surface area contributed by atoms with E-state index in [1.165, 1.54) is 25.7 Å². The van der Waals surface area contributed by atoms with Crippen molar-refractivity contribution < 1.29 is 28.7 Å². The number of rotatable bonds is 21. The van der Waals surface area contributed by atoms with Crippen molar-refractivity contribution in [2.45, 2.75) is 115 Å². The van der Waals surface area contributed by atoms with Gasteiger partial charge in [-0.05, 0) is 106 Å². The van der Waals surface area contributed by atoms with E-state index in [-0.39, 0.29) is 30.0 Å². The molecule has 4 saturated heterocycles. The highest BCUT2D eigenvalue weighted by Gasteiger charge is 2.40. The number of fused-ring (bicyclic) bond motifs is 1. The molecule has 5 aliphatic rings. The lowest BCUT2D eigenvalue weighted by atomic mass is 9.91. The van der Waals surface area contributed by atoms with Crippen molar-refractivity contribution in [2.24, 2.45) is 5.92 Å². The topological polar surface area (TPSA) is 174 Å². The lowest BCUT2D eigenvalue weighted by Gasteiger charge is -2.43. The van der Waals surface area contributed by atoms with E-state index in [4.69, 9.17) is 4.74 Å². The zero-order valence-electron chi connectivity index (χ0n) is 39.7. The Kier molecular flexibility index (Phi) is 17.6. The van der Waals surface area contributed by atoms with Crippen molar-refractivity contribution in [3.8, 4) is 5.75 Å². The first-order valence-electron chi connectivity index (χ1n) is 25.4. The number of piperidine rings is 3. The zero-order valence-corrected chi connectivity index (χ0v) is 39.7. The van der Waals surface area contributed by atoms with Gasteiger partial charge in [0.1, 0.15) is 11.8 Å². The Morgan fingerprint density at radius 1 is 0.794 bits per heavy atom. The van der Waals surface area contributed by atoms with Crippen LogP contribution in [0.4, 0.5) is 5.82 Å². The fourth-order valence-electron chi connectivity index (χ4n) is 10.5. The van der Waals surface area contributed by atoms with Crippen LogP contribution in [0.3, 0.4) is 0 Å². The second kappa shape index (κ2) is 24.5. The number of hydrogen-bond donors (Lipinski definition) is 2. The van der Waals surface area contributed by atoms with Gasteiger partial charge in [0.05, 0.1) is 13.2 Å². The number of anilines is 1. The molecule has 1 aromatic carbocycles. The minimum atomic E-state index is -0.624. The maximum Gasteiger partial charge on any atom is 0.274 e. The van der Waals surface area contributed by atoms with Gasteiger partial charge in [-0.2, -0.15) is 0 Å². The van der Waals surface area contributed by atoms with Gasteiger partial charge in [-0.1, -0.05) is 50.7 Å². The number of aromatic nitrogens is 3. The first-order valence-corrected chi connectivity index (χ1v) is 25.4. The van der Waals surface area contributed by atoms with Crippen LogP contribution in [0.5, 0.6) is 5.75 Å². The summed E-state index contributed by atoms with van der Waals surface area (Å²) < 4.78 is 6.15. The maximum atomic E-state index is 13.3. The van der Waals surface area contributed by atoms with Gasteiger partial charge in [0.2, 0.25) is 17.7 Å². The van der Waals surface area contributed by atoms with Crippen molar-refractivity contribution in [2.75, 3.05) is 77.0 Å². The molecule has 16 heteroatoms. The number of piperazine rings is 1. The Balaban J connectivity index is 0.631. The summed E-state index contributed by atoms with van der Waals surface area (Å²) in [5.74, 6) is 1.18. The molecular weight excluding hydrogens is 861 g/mol. The number of imide groups is 1. The quantitative estimate of drug-likeness (QED) is 0.0783. The molecule has 5 aliphatic heterocycles. The molecule has 1 atom stereocenters. The van der Waals surface area contributed by atoms with Crippen LogP contribution in [-0.4, -0.2) is 148 Å². The molecule has 7 heterocycles. The molecule has 0 saturated carbocycles. The first kappa shape index (κ1) is 48.7. The molecule has 0 aliphatic carbocycles. The number of ether oxygens (including phenoxy) is 1. The van der Waals surface area contributed by atoms with Gasteiger partial charge in [0, 0.05) is 101 Å². The van der Waals surface area contributed by atoms with Crippen LogP contribution in [0.2, 0.25) is 0 Å². The third-order valence-electron chi connectivity index (χ3n) is 14.6. The minimum absolute atomic E-state index is 0.0295. The summed E-state index contributed by atoms with van der Waals surface area (Å²) in [6.45, 7) is 10.6. The van der Waals surface area contributed by atoms with Gasteiger partial charge in [-0.15, -0.1) is 10.2 Å². The zero-order chi connectivity index (χ0) is 47.1. The van der Waals surface area contributed by atoms with Gasteiger partial charge in [0.15, 0.2) is 11.5 Å². The van der Waals surface area contributed by atoms with Gasteiger partial charge < -0.3 is 29.7 Å². The first-order chi connectivity index (χ1) is 33.3. The number of carbonyl (C=O) groups excluding carboxylic acids is 5. The Hall–Kier alpha value is -5.74. The van der Waals surface area contributed by atoms with Crippen molar-refractivity contribution >= 4 is 41.4 Å². The van der Waals surface area contributed by atoms with Gasteiger partial charge in [-0.25, -0.2) is 0 Å². The average Bonchev–Trinajstić information content (AvgIpc) is 3.71. The average molecular weight is 931 g/mol. The summed E-state index contributed by atoms with van der Waals surface area (Å²) >= 11 is 0. The summed E-state index contributed by atoms with van der Waals surface area (Å²) in [7, 11) is 0. The molecule has 364 valence electrons. The minimum Gasteiger partial charge on any atom is -0.493 e. The maximum absolute atomic E-state index is 13.3. The third kappa shape index (κ3) is 13.3. The van der Waals surface area contributed by atoms with Crippen LogP contribution < -0.4 is 20.3 Å². The van der Waals surface area contributed by atoms with Crippen LogP contribution in [-0.2, 0) is 20.9 Å². The molecule has 5 amide bonds. The van der Waals surface area contributed by atoms with E-state index in [0.717, 1.165) is 134 Å². The number of pyridine rings is 1. The van der Waals surface area contributed by atoms with E-state index in [9.17, 15) is 24.0 Å². The number of amides is 5. The van der Waals surface area contributed by atoms with Gasteiger partial charge >= 0.3 is 0 Å². The molecule has 16 nitrogen and oxygen atoms in total. The second-order valence-corrected chi connectivity index (χ2v) is 19.2. The number of likely N-dealkylation sites (tertiary alicyclic amines) is 1. The van der Waals surface area contributed by atoms with E-state index in [1.807, 2.05) is 41.3 Å². The van der Waals surface area contributed by atoms with E-state index in [2.05, 4.69) is 40.5 Å². The van der Waals surface area contributed by atoms with Crippen molar-refractivity contribution in [3.05, 3.63) is 83.3 Å². The van der Waals surface area contributed by atoms with Crippen LogP contribution in [0.1, 0.15) is 128 Å². The smallest absolute Gasteiger partial charge is 0.274 e. The van der Waals surface area contributed by atoms with Crippen LogP contribution in [0.25, 0.3) is 6.08 Å². The number of nitrogens with one attached hydrogen (secondary N) is 2. The molecule has 4 fully saturated rings. The third-order valence-corrected chi connectivity index (χ3v) is 14.6. The lowest BCUT2D eigenvalue weighted by Crippen LogP contribution is -2.53. The molecular formula is C52H70N10O6. The molecule has 2 aromatic heterocycles. The number of unbranched alkanes of at least 4 members (excludes halogenated alkanes) is 6. The fraction of sp³-hybridized carbons (Fsp3) is 0.577. The van der Waals surface area contributed by atoms with E-state index in [1.54, 1.807) is 35.5 Å². The molecule has 0 spiro atoms. The summed E-state index contributed by atoms with van der Waals surface area (Å²) in [5.41, 5.74) is 2.74. The molecule has 0 radical (unpaired) electrons. The Morgan fingerprint density at radius 3 is 2.34 bits per heavy atom. The van der Waals surface area contributed by atoms with Crippen molar-refractivity contribution in [1.29, 1.82) is 0 Å². The van der Waals surface area contributed by atoms with E-state index >= 15 is 0 Å². The molecule has 1 unspecified atom stereocenters. The lowest BCUT2D eigenvalue weighted by molar-refractivity contribution is -0.137.